The van der Waals surface area contributed by atoms with Crippen molar-refractivity contribution in [3.05, 3.63) is 76.8 Å². The number of hydrogen-bond acceptors (Lipinski definition) is 6. The van der Waals surface area contributed by atoms with Gasteiger partial charge in [-0.25, -0.2) is 4.98 Å². The Hall–Kier alpha value is -2.54. The zero-order valence-electron chi connectivity index (χ0n) is 14.5. The van der Waals surface area contributed by atoms with E-state index in [1.165, 1.54) is 11.3 Å². The summed E-state index contributed by atoms with van der Waals surface area (Å²) in [6.07, 6.45) is 0. The van der Waals surface area contributed by atoms with E-state index in [-0.39, 0.29) is 11.8 Å². The molecule has 3 N–H and O–H groups in total. The van der Waals surface area contributed by atoms with E-state index in [1.54, 1.807) is 19.1 Å². The number of ketones is 1. The van der Waals surface area contributed by atoms with E-state index in [1.807, 2.05) is 47.8 Å². The summed E-state index contributed by atoms with van der Waals surface area (Å²) in [6.45, 7) is 2.49. The summed E-state index contributed by atoms with van der Waals surface area (Å²) >= 11 is 1.49. The number of carbonyl (C=O) groups excluding carboxylic acids is 1. The van der Waals surface area contributed by atoms with Crippen molar-refractivity contribution >= 4 is 27.9 Å². The van der Waals surface area contributed by atoms with Crippen molar-refractivity contribution in [2.45, 2.75) is 19.6 Å². The van der Waals surface area contributed by atoms with Gasteiger partial charge in [0.05, 0.1) is 24.9 Å². The summed E-state index contributed by atoms with van der Waals surface area (Å²) in [5.74, 6) is 0.0505. The van der Waals surface area contributed by atoms with Crippen LogP contribution in [0, 0.1) is 0 Å². The number of ether oxygens (including phenoxy) is 1. The minimum absolute atomic E-state index is 0.0505. The molecule has 0 aliphatic carbocycles. The third kappa shape index (κ3) is 4.98. The molecule has 2 aromatic carbocycles. The Morgan fingerprint density at radius 3 is 2.62 bits per heavy atom. The Kier molecular flexibility index (Phi) is 6.12. The Bertz CT molecular complexity index is 847. The molecule has 5 nitrogen and oxygen atoms in total. The van der Waals surface area contributed by atoms with Gasteiger partial charge >= 0.3 is 0 Å². The number of anilines is 2. The van der Waals surface area contributed by atoms with Crippen LogP contribution < -0.4 is 11.1 Å². The minimum atomic E-state index is -0.273. The molecule has 1 aromatic heterocycles. The van der Waals surface area contributed by atoms with Crippen LogP contribution in [0.2, 0.25) is 0 Å². The molecule has 1 heterocycles. The number of nitrogens with zero attached hydrogens (tertiary/aromatic N) is 1. The van der Waals surface area contributed by atoms with Crippen LogP contribution >= 0.6 is 11.3 Å². The minimum Gasteiger partial charge on any atom is -0.375 e. The highest BCUT2D eigenvalue weighted by atomic mass is 32.1. The molecular weight excluding hydrogens is 346 g/mol. The lowest BCUT2D eigenvalue weighted by Gasteiger charge is -2.10. The standard InChI is InChI=1S/C20H21N3O2S/c1-14(24)16-7-9-17(10-8-16)22-20-23-19(13-26-20)18(21)12-25-11-15-5-3-2-4-6-15/h2-10,13,18H,11-12,21H2,1H3,(H,22,23). The second-order valence-electron chi connectivity index (χ2n) is 5.94. The largest absolute Gasteiger partial charge is 0.375 e. The third-order valence-corrected chi connectivity index (χ3v) is 4.63. The van der Waals surface area contributed by atoms with Crippen molar-refractivity contribution in [1.29, 1.82) is 0 Å². The maximum atomic E-state index is 11.3. The summed E-state index contributed by atoms with van der Waals surface area (Å²) in [7, 11) is 0. The highest BCUT2D eigenvalue weighted by molar-refractivity contribution is 7.13. The summed E-state index contributed by atoms with van der Waals surface area (Å²) in [6, 6.07) is 17.0. The predicted octanol–water partition coefficient (Wildman–Crippen LogP) is 4.31. The van der Waals surface area contributed by atoms with Gasteiger partial charge < -0.3 is 15.8 Å². The van der Waals surface area contributed by atoms with Crippen LogP contribution in [0.1, 0.15) is 34.6 Å². The average molecular weight is 367 g/mol. The van der Waals surface area contributed by atoms with Gasteiger partial charge in [0.15, 0.2) is 10.9 Å². The molecule has 0 saturated heterocycles. The zero-order chi connectivity index (χ0) is 18.4. The van der Waals surface area contributed by atoms with Gasteiger partial charge in [0.2, 0.25) is 0 Å². The van der Waals surface area contributed by atoms with Crippen LogP contribution in [0.25, 0.3) is 0 Å². The number of aromatic nitrogens is 1. The fraction of sp³-hybridized carbons (Fsp3) is 0.200. The van der Waals surface area contributed by atoms with Gasteiger partial charge in [0, 0.05) is 16.6 Å². The molecule has 0 fully saturated rings. The van der Waals surface area contributed by atoms with E-state index in [0.29, 0.717) is 18.8 Å². The first-order valence-electron chi connectivity index (χ1n) is 8.32. The molecule has 0 saturated carbocycles. The smallest absolute Gasteiger partial charge is 0.187 e. The molecule has 0 spiro atoms. The van der Waals surface area contributed by atoms with Crippen LogP contribution in [0.3, 0.4) is 0 Å². The molecule has 0 aliphatic heterocycles. The summed E-state index contributed by atoms with van der Waals surface area (Å²) in [5, 5.41) is 5.92. The first-order chi connectivity index (χ1) is 12.6. The molecule has 0 amide bonds. The number of thiazole rings is 1. The second-order valence-corrected chi connectivity index (χ2v) is 6.80. The molecule has 0 radical (unpaired) electrons. The maximum Gasteiger partial charge on any atom is 0.187 e. The number of nitrogens with one attached hydrogen (secondary N) is 1. The van der Waals surface area contributed by atoms with Crippen LogP contribution in [0.15, 0.2) is 60.0 Å². The second kappa shape index (κ2) is 8.71. The van der Waals surface area contributed by atoms with Gasteiger partial charge in [0.1, 0.15) is 0 Å². The fourth-order valence-corrected chi connectivity index (χ4v) is 3.18. The normalized spacial score (nSPS) is 11.9. The number of rotatable bonds is 8. The van der Waals surface area contributed by atoms with Crippen LogP contribution in [0.4, 0.5) is 10.8 Å². The first-order valence-corrected chi connectivity index (χ1v) is 9.20. The number of carbonyl (C=O) groups is 1. The van der Waals surface area contributed by atoms with Gasteiger partial charge in [0.25, 0.3) is 0 Å². The van der Waals surface area contributed by atoms with E-state index in [2.05, 4.69) is 10.3 Å². The highest BCUT2D eigenvalue weighted by Gasteiger charge is 2.11. The molecule has 0 aliphatic rings. The van der Waals surface area contributed by atoms with E-state index in [4.69, 9.17) is 10.5 Å². The van der Waals surface area contributed by atoms with Crippen molar-refractivity contribution in [3.8, 4) is 0 Å². The lowest BCUT2D eigenvalue weighted by Crippen LogP contribution is -2.17. The Morgan fingerprint density at radius 1 is 1.19 bits per heavy atom. The highest BCUT2D eigenvalue weighted by Crippen LogP contribution is 2.24. The average Bonchev–Trinajstić information content (AvgIpc) is 3.11. The number of Topliss-reactive ketones (excluding diaryl/α,β-unsaturated/α-hetero) is 1. The van der Waals surface area contributed by atoms with E-state index in [9.17, 15) is 4.79 Å². The van der Waals surface area contributed by atoms with Crippen molar-refractivity contribution < 1.29 is 9.53 Å². The van der Waals surface area contributed by atoms with Crippen molar-refractivity contribution in [2.24, 2.45) is 5.73 Å². The lowest BCUT2D eigenvalue weighted by atomic mass is 10.1. The van der Waals surface area contributed by atoms with Crippen molar-refractivity contribution in [3.63, 3.8) is 0 Å². The van der Waals surface area contributed by atoms with Crippen LogP contribution in [-0.4, -0.2) is 17.4 Å². The molecule has 6 heteroatoms. The first kappa shape index (κ1) is 18.3. The number of nitrogens with two attached hydrogens (primary N) is 1. The zero-order valence-corrected chi connectivity index (χ0v) is 15.3. The molecule has 3 aromatic rings. The SMILES string of the molecule is CC(=O)c1ccc(Nc2nc(C(N)COCc3ccccc3)cs2)cc1. The van der Waals surface area contributed by atoms with Crippen molar-refractivity contribution in [1.82, 2.24) is 4.98 Å². The Morgan fingerprint density at radius 2 is 1.92 bits per heavy atom. The van der Waals surface area contributed by atoms with E-state index < -0.39 is 0 Å². The molecule has 134 valence electrons. The van der Waals surface area contributed by atoms with Gasteiger partial charge in [-0.1, -0.05) is 30.3 Å². The van der Waals surface area contributed by atoms with Crippen LogP contribution in [0.5, 0.6) is 0 Å². The molecular formula is C20H21N3O2S. The van der Waals surface area contributed by atoms with E-state index >= 15 is 0 Å². The van der Waals surface area contributed by atoms with Crippen molar-refractivity contribution in [2.75, 3.05) is 11.9 Å². The molecule has 3 rings (SSSR count). The third-order valence-electron chi connectivity index (χ3n) is 3.85. The topological polar surface area (TPSA) is 77.2 Å². The molecule has 26 heavy (non-hydrogen) atoms. The van der Waals surface area contributed by atoms with Crippen LogP contribution in [-0.2, 0) is 11.3 Å². The van der Waals surface area contributed by atoms with Gasteiger partial charge in [-0.15, -0.1) is 11.3 Å². The Balaban J connectivity index is 1.52. The van der Waals surface area contributed by atoms with Gasteiger partial charge in [-0.3, -0.25) is 4.79 Å². The van der Waals surface area contributed by atoms with Gasteiger partial charge in [-0.2, -0.15) is 0 Å². The fourth-order valence-electron chi connectivity index (χ4n) is 2.39. The molecule has 1 unspecified atom stereocenters. The summed E-state index contributed by atoms with van der Waals surface area (Å²) < 4.78 is 5.69. The molecule has 1 atom stereocenters. The maximum absolute atomic E-state index is 11.3. The quantitative estimate of drug-likeness (QED) is 0.580. The monoisotopic (exact) mass is 367 g/mol. The lowest BCUT2D eigenvalue weighted by molar-refractivity contribution is 0.101. The number of benzene rings is 2. The Labute approximate surface area is 156 Å². The predicted molar refractivity (Wildman–Crippen MR) is 105 cm³/mol. The molecule has 0 bridgehead atoms. The number of hydrogen-bond donors (Lipinski definition) is 2. The van der Waals surface area contributed by atoms with Gasteiger partial charge in [-0.05, 0) is 36.8 Å². The van der Waals surface area contributed by atoms with E-state index in [0.717, 1.165) is 22.1 Å². The summed E-state index contributed by atoms with van der Waals surface area (Å²) in [5.41, 5.74) is 9.66. The summed E-state index contributed by atoms with van der Waals surface area (Å²) in [4.78, 5) is 15.8.